The lowest BCUT2D eigenvalue weighted by atomic mass is 10.4. The third-order valence-electron chi connectivity index (χ3n) is 2.00. The average Bonchev–Trinajstić information content (AvgIpc) is 2.44. The van der Waals surface area contributed by atoms with Crippen molar-refractivity contribution in [3.63, 3.8) is 0 Å². The van der Waals surface area contributed by atoms with E-state index in [1.54, 1.807) is 12.1 Å². The van der Waals surface area contributed by atoms with Gasteiger partial charge in [-0.1, -0.05) is 6.07 Å². The lowest BCUT2D eigenvalue weighted by molar-refractivity contribution is 0.0690. The number of nitrogens with two attached hydrogens (primary N) is 2. The molecule has 1 aromatic rings. The van der Waals surface area contributed by atoms with E-state index in [1.807, 2.05) is 0 Å². The van der Waals surface area contributed by atoms with Crippen LogP contribution in [-0.2, 0) is 0 Å². The number of aromatic carboxylic acids is 1. The molecule has 0 atom stereocenters. The van der Waals surface area contributed by atoms with E-state index < -0.39 is 5.97 Å². The molecule has 19 heavy (non-hydrogen) atoms. The highest BCUT2D eigenvalue weighted by atomic mass is 16.4. The molecule has 0 fully saturated rings. The summed E-state index contributed by atoms with van der Waals surface area (Å²) in [5.41, 5.74) is 10.6. The Kier molecular flexibility index (Phi) is 11.9. The average molecular weight is 269 g/mol. The molecule has 1 rings (SSSR count). The van der Waals surface area contributed by atoms with Gasteiger partial charge in [0.05, 0.1) is 0 Å². The molecular weight excluding hydrogens is 246 g/mol. The fourth-order valence-electron chi connectivity index (χ4n) is 1.12. The van der Waals surface area contributed by atoms with E-state index in [1.165, 1.54) is 12.3 Å². The van der Waals surface area contributed by atoms with Gasteiger partial charge in [0.1, 0.15) is 5.69 Å². The maximum atomic E-state index is 10.1. The maximum absolute atomic E-state index is 10.1. The minimum atomic E-state index is -0.990. The maximum Gasteiger partial charge on any atom is 0.354 e. The zero-order valence-electron chi connectivity index (χ0n) is 11.0. The summed E-state index contributed by atoms with van der Waals surface area (Å²) < 4.78 is 0. The molecular formula is C12H23N5O2. The molecule has 0 aliphatic carbocycles. The Morgan fingerprint density at radius 3 is 2.00 bits per heavy atom. The number of carbonyl (C=O) groups is 1. The number of rotatable bonds is 8. The smallest absolute Gasteiger partial charge is 0.354 e. The Morgan fingerprint density at radius 1 is 1.11 bits per heavy atom. The van der Waals surface area contributed by atoms with Gasteiger partial charge in [0, 0.05) is 45.5 Å². The van der Waals surface area contributed by atoms with Gasteiger partial charge >= 0.3 is 5.97 Å². The lowest BCUT2D eigenvalue weighted by Crippen LogP contribution is -2.32. The number of hydrogen-bond donors (Lipinski definition) is 5. The number of aromatic nitrogens is 1. The first-order valence-corrected chi connectivity index (χ1v) is 6.18. The van der Waals surface area contributed by atoms with Crippen molar-refractivity contribution in [3.05, 3.63) is 30.1 Å². The second-order valence-electron chi connectivity index (χ2n) is 3.60. The largest absolute Gasteiger partial charge is 0.477 e. The quantitative estimate of drug-likeness (QED) is 0.378. The second-order valence-corrected chi connectivity index (χ2v) is 3.60. The van der Waals surface area contributed by atoms with Gasteiger partial charge in [-0.2, -0.15) is 0 Å². The summed E-state index contributed by atoms with van der Waals surface area (Å²) in [6.45, 7) is 5.14. The third-order valence-corrected chi connectivity index (χ3v) is 2.00. The Morgan fingerprint density at radius 2 is 1.68 bits per heavy atom. The van der Waals surface area contributed by atoms with Crippen molar-refractivity contribution in [3.8, 4) is 0 Å². The molecule has 7 N–H and O–H groups in total. The van der Waals surface area contributed by atoms with Crippen LogP contribution in [0.2, 0.25) is 0 Å². The molecule has 108 valence electrons. The Hall–Kier alpha value is -1.54. The topological polar surface area (TPSA) is 126 Å². The highest BCUT2D eigenvalue weighted by molar-refractivity contribution is 5.85. The molecule has 0 aliphatic heterocycles. The molecule has 0 aromatic carbocycles. The summed E-state index contributed by atoms with van der Waals surface area (Å²) in [5, 5.41) is 14.7. The number of nitrogens with zero attached hydrogens (tertiary/aromatic N) is 1. The zero-order chi connectivity index (χ0) is 14.3. The van der Waals surface area contributed by atoms with Crippen LogP contribution in [0.3, 0.4) is 0 Å². The van der Waals surface area contributed by atoms with Gasteiger partial charge in [0.25, 0.3) is 0 Å². The molecule has 0 saturated heterocycles. The van der Waals surface area contributed by atoms with E-state index in [2.05, 4.69) is 15.6 Å². The SMILES string of the molecule is NCCNCCNCCN.O=C(O)c1ccccn1. The molecule has 0 bridgehead atoms. The van der Waals surface area contributed by atoms with Gasteiger partial charge in [-0.05, 0) is 12.1 Å². The fourth-order valence-corrected chi connectivity index (χ4v) is 1.12. The van der Waals surface area contributed by atoms with Gasteiger partial charge in [0.2, 0.25) is 0 Å². The summed E-state index contributed by atoms with van der Waals surface area (Å²) in [6.07, 6.45) is 1.45. The highest BCUT2D eigenvalue weighted by Gasteiger charge is 1.98. The number of carboxylic acid groups (broad SMARTS) is 1. The standard InChI is InChI=1S/C6H18N4.C6H5NO2/c7-1-3-9-5-6-10-4-2-8;8-6(9)5-3-1-2-4-7-5/h9-10H,1-8H2;1-4H,(H,8,9). The van der Waals surface area contributed by atoms with E-state index >= 15 is 0 Å². The van der Waals surface area contributed by atoms with Crippen molar-refractivity contribution in [2.75, 3.05) is 39.3 Å². The van der Waals surface area contributed by atoms with Crippen LogP contribution < -0.4 is 22.1 Å². The number of nitrogens with one attached hydrogen (secondary N) is 2. The molecule has 0 radical (unpaired) electrons. The van der Waals surface area contributed by atoms with E-state index in [0.717, 1.165) is 26.2 Å². The lowest BCUT2D eigenvalue weighted by Gasteiger charge is -2.03. The van der Waals surface area contributed by atoms with Crippen LogP contribution in [-0.4, -0.2) is 55.3 Å². The molecule has 7 heteroatoms. The Bertz CT molecular complexity index is 313. The van der Waals surface area contributed by atoms with Crippen molar-refractivity contribution >= 4 is 5.97 Å². The summed E-state index contributed by atoms with van der Waals surface area (Å²) in [4.78, 5) is 13.7. The van der Waals surface area contributed by atoms with Crippen LogP contribution in [0.15, 0.2) is 24.4 Å². The summed E-state index contributed by atoms with van der Waals surface area (Å²) in [6, 6.07) is 4.76. The second kappa shape index (κ2) is 12.9. The van der Waals surface area contributed by atoms with Crippen LogP contribution in [0.4, 0.5) is 0 Å². The first kappa shape index (κ1) is 17.5. The van der Waals surface area contributed by atoms with E-state index in [9.17, 15) is 4.79 Å². The van der Waals surface area contributed by atoms with Crippen molar-refractivity contribution < 1.29 is 9.90 Å². The molecule has 0 spiro atoms. The monoisotopic (exact) mass is 269 g/mol. The Balaban J connectivity index is 0.000000342. The van der Waals surface area contributed by atoms with Crippen molar-refractivity contribution in [2.45, 2.75) is 0 Å². The van der Waals surface area contributed by atoms with Crippen LogP contribution in [0.1, 0.15) is 10.5 Å². The zero-order valence-corrected chi connectivity index (χ0v) is 11.0. The fraction of sp³-hybridized carbons (Fsp3) is 0.500. The first-order chi connectivity index (χ1) is 9.22. The van der Waals surface area contributed by atoms with E-state index in [4.69, 9.17) is 16.6 Å². The van der Waals surface area contributed by atoms with Crippen LogP contribution in [0.25, 0.3) is 0 Å². The highest BCUT2D eigenvalue weighted by Crippen LogP contribution is 1.90. The van der Waals surface area contributed by atoms with E-state index in [0.29, 0.717) is 13.1 Å². The summed E-state index contributed by atoms with van der Waals surface area (Å²) in [5.74, 6) is -0.990. The Labute approximate surface area is 113 Å². The van der Waals surface area contributed by atoms with Crippen molar-refractivity contribution in [2.24, 2.45) is 11.5 Å². The molecule has 0 amide bonds. The van der Waals surface area contributed by atoms with Gasteiger partial charge in [-0.25, -0.2) is 9.78 Å². The van der Waals surface area contributed by atoms with Crippen LogP contribution in [0, 0.1) is 0 Å². The number of pyridine rings is 1. The number of carboxylic acids is 1. The minimum absolute atomic E-state index is 0.0810. The van der Waals surface area contributed by atoms with Crippen LogP contribution in [0.5, 0.6) is 0 Å². The molecule has 0 saturated carbocycles. The van der Waals surface area contributed by atoms with Gasteiger partial charge in [0.15, 0.2) is 0 Å². The van der Waals surface area contributed by atoms with E-state index in [-0.39, 0.29) is 5.69 Å². The van der Waals surface area contributed by atoms with Crippen molar-refractivity contribution in [1.82, 2.24) is 15.6 Å². The molecule has 1 heterocycles. The minimum Gasteiger partial charge on any atom is -0.477 e. The normalized spacial score (nSPS) is 9.58. The van der Waals surface area contributed by atoms with Crippen LogP contribution >= 0.6 is 0 Å². The molecule has 0 aliphatic rings. The van der Waals surface area contributed by atoms with Gasteiger partial charge in [-0.15, -0.1) is 0 Å². The predicted molar refractivity (Wildman–Crippen MR) is 75.0 cm³/mol. The first-order valence-electron chi connectivity index (χ1n) is 6.18. The summed E-state index contributed by atoms with van der Waals surface area (Å²) in [7, 11) is 0. The van der Waals surface area contributed by atoms with Gasteiger partial charge < -0.3 is 27.2 Å². The summed E-state index contributed by atoms with van der Waals surface area (Å²) >= 11 is 0. The third kappa shape index (κ3) is 11.3. The van der Waals surface area contributed by atoms with Gasteiger partial charge in [-0.3, -0.25) is 0 Å². The predicted octanol–water partition coefficient (Wildman–Crippen LogP) is -1.14. The van der Waals surface area contributed by atoms with Crippen molar-refractivity contribution in [1.29, 1.82) is 0 Å². The molecule has 0 unspecified atom stereocenters. The molecule has 1 aromatic heterocycles. The number of hydrogen-bond acceptors (Lipinski definition) is 6. The molecule has 7 nitrogen and oxygen atoms in total.